The molecule has 0 saturated carbocycles. The summed E-state index contributed by atoms with van der Waals surface area (Å²) in [6, 6.07) is 19.3. The van der Waals surface area contributed by atoms with E-state index < -0.39 is 23.5 Å². The molecule has 1 aliphatic rings. The van der Waals surface area contributed by atoms with Crippen LogP contribution >= 0.6 is 0 Å². The summed E-state index contributed by atoms with van der Waals surface area (Å²) in [7, 11) is 1.47. The molecule has 1 amide bonds. The Morgan fingerprint density at radius 3 is 2.46 bits per heavy atom. The van der Waals surface area contributed by atoms with Crippen LogP contribution in [0.15, 0.2) is 78.4 Å². The summed E-state index contributed by atoms with van der Waals surface area (Å²) < 4.78 is 25.6. The van der Waals surface area contributed by atoms with Crippen LogP contribution in [0.5, 0.6) is 5.75 Å². The minimum absolute atomic E-state index is 0.0720. The van der Waals surface area contributed by atoms with Crippen LogP contribution < -0.4 is 4.74 Å². The number of hydrogen-bond donors (Lipinski definition) is 1. The van der Waals surface area contributed by atoms with Crippen molar-refractivity contribution in [2.45, 2.75) is 19.6 Å². The van der Waals surface area contributed by atoms with E-state index in [9.17, 15) is 19.1 Å². The van der Waals surface area contributed by atoms with E-state index in [1.807, 2.05) is 31.2 Å². The van der Waals surface area contributed by atoms with Crippen molar-refractivity contribution < 1.29 is 28.6 Å². The molecule has 6 nitrogen and oxygen atoms in total. The molecule has 3 aromatic rings. The number of aliphatic hydroxyl groups is 1. The van der Waals surface area contributed by atoms with Gasteiger partial charge in [0.1, 0.15) is 23.9 Å². The van der Waals surface area contributed by atoms with Gasteiger partial charge >= 0.3 is 0 Å². The van der Waals surface area contributed by atoms with Crippen molar-refractivity contribution in [2.24, 2.45) is 0 Å². The van der Waals surface area contributed by atoms with Crippen LogP contribution in [0.4, 0.5) is 4.39 Å². The lowest BCUT2D eigenvalue weighted by Gasteiger charge is -2.25. The van der Waals surface area contributed by atoms with E-state index in [2.05, 4.69) is 0 Å². The number of benzene rings is 3. The van der Waals surface area contributed by atoms with E-state index in [1.165, 1.54) is 30.2 Å². The SMILES string of the molecule is COCCN1C(=O)C(=O)/C(=C(/O)c2ccc(OCc3cccc(C)c3)cc2)[C@H]1c1ccccc1F. The second kappa shape index (κ2) is 10.5. The van der Waals surface area contributed by atoms with Gasteiger partial charge in [0.05, 0.1) is 18.2 Å². The lowest BCUT2D eigenvalue weighted by atomic mass is 9.95. The molecule has 0 spiro atoms. The molecule has 180 valence electrons. The summed E-state index contributed by atoms with van der Waals surface area (Å²) in [6.45, 7) is 2.62. The van der Waals surface area contributed by atoms with Gasteiger partial charge in [0, 0.05) is 24.8 Å². The summed E-state index contributed by atoms with van der Waals surface area (Å²) in [5.41, 5.74) is 2.45. The average Bonchev–Trinajstić information content (AvgIpc) is 3.11. The first-order chi connectivity index (χ1) is 16.9. The standard InChI is InChI=1S/C28H26FNO5/c1-18-6-5-7-19(16-18)17-35-21-12-10-20(11-13-21)26(31)24-25(22-8-3-4-9-23(22)29)30(14-15-34-2)28(33)27(24)32/h3-13,16,25,31H,14-15,17H2,1-2H3/b26-24+/t25-/m1/s1. The third kappa shape index (κ3) is 5.10. The second-order valence-electron chi connectivity index (χ2n) is 8.31. The number of hydrogen-bond acceptors (Lipinski definition) is 5. The maximum atomic E-state index is 14.7. The number of carbonyl (C=O) groups is 2. The maximum Gasteiger partial charge on any atom is 0.295 e. The quantitative estimate of drug-likeness (QED) is 0.288. The minimum atomic E-state index is -1.07. The third-order valence-electron chi connectivity index (χ3n) is 5.89. The highest BCUT2D eigenvalue weighted by atomic mass is 19.1. The highest BCUT2D eigenvalue weighted by molar-refractivity contribution is 6.46. The van der Waals surface area contributed by atoms with Gasteiger partial charge < -0.3 is 19.5 Å². The van der Waals surface area contributed by atoms with Gasteiger partial charge in [0.2, 0.25) is 0 Å². The van der Waals surface area contributed by atoms with Gasteiger partial charge in [-0.2, -0.15) is 0 Å². The number of aliphatic hydroxyl groups excluding tert-OH is 1. The van der Waals surface area contributed by atoms with Crippen LogP contribution in [-0.2, 0) is 20.9 Å². The number of ketones is 1. The number of aryl methyl sites for hydroxylation is 1. The Morgan fingerprint density at radius 2 is 1.77 bits per heavy atom. The number of amides is 1. The molecule has 7 heteroatoms. The van der Waals surface area contributed by atoms with Crippen molar-refractivity contribution >= 4 is 17.4 Å². The van der Waals surface area contributed by atoms with Gasteiger partial charge in [-0.05, 0) is 42.8 Å². The molecule has 0 aliphatic carbocycles. The van der Waals surface area contributed by atoms with Crippen LogP contribution in [0.1, 0.15) is 28.3 Å². The number of likely N-dealkylation sites (tertiary alicyclic amines) is 1. The molecule has 3 aromatic carbocycles. The van der Waals surface area contributed by atoms with Crippen LogP contribution in [0.25, 0.3) is 5.76 Å². The molecule has 1 N–H and O–H groups in total. The molecule has 0 unspecified atom stereocenters. The van der Waals surface area contributed by atoms with Crippen molar-refractivity contribution in [2.75, 3.05) is 20.3 Å². The zero-order valence-corrected chi connectivity index (χ0v) is 19.5. The van der Waals surface area contributed by atoms with Gasteiger partial charge in [0.25, 0.3) is 11.7 Å². The number of rotatable bonds is 8. The normalized spacial score (nSPS) is 17.1. The molecule has 1 atom stereocenters. The zero-order valence-electron chi connectivity index (χ0n) is 19.5. The number of ether oxygens (including phenoxy) is 2. The Hall–Kier alpha value is -3.97. The molecule has 0 aromatic heterocycles. The van der Waals surface area contributed by atoms with Crippen molar-refractivity contribution in [1.82, 2.24) is 4.90 Å². The molecule has 1 saturated heterocycles. The first kappa shape index (κ1) is 24.2. The molecule has 1 fully saturated rings. The fraction of sp³-hybridized carbons (Fsp3) is 0.214. The summed E-state index contributed by atoms with van der Waals surface area (Å²) in [6.07, 6.45) is 0. The predicted molar refractivity (Wildman–Crippen MR) is 129 cm³/mol. The highest BCUT2D eigenvalue weighted by Crippen LogP contribution is 2.40. The monoisotopic (exact) mass is 475 g/mol. The molecule has 35 heavy (non-hydrogen) atoms. The molecular formula is C28H26FNO5. The van der Waals surface area contributed by atoms with Gasteiger partial charge in [-0.25, -0.2) is 4.39 Å². The Labute approximate surface area is 203 Å². The first-order valence-electron chi connectivity index (χ1n) is 11.2. The van der Waals surface area contributed by atoms with Crippen LogP contribution in [0.3, 0.4) is 0 Å². The van der Waals surface area contributed by atoms with Gasteiger partial charge in [0.15, 0.2) is 0 Å². The smallest absolute Gasteiger partial charge is 0.295 e. The number of halogens is 1. The summed E-state index contributed by atoms with van der Waals surface area (Å²) in [5.74, 6) is -2.05. The molecule has 0 radical (unpaired) electrons. The lowest BCUT2D eigenvalue weighted by Crippen LogP contribution is -2.33. The topological polar surface area (TPSA) is 76.1 Å². The fourth-order valence-electron chi connectivity index (χ4n) is 4.15. The Bertz CT molecular complexity index is 1270. The van der Waals surface area contributed by atoms with Crippen LogP contribution in [0, 0.1) is 12.7 Å². The van der Waals surface area contributed by atoms with Gasteiger partial charge in [-0.3, -0.25) is 9.59 Å². The molecule has 1 aliphatic heterocycles. The lowest BCUT2D eigenvalue weighted by molar-refractivity contribution is -0.140. The van der Waals surface area contributed by atoms with Crippen molar-refractivity contribution in [3.8, 4) is 5.75 Å². The summed E-state index contributed by atoms with van der Waals surface area (Å²) in [4.78, 5) is 27.0. The van der Waals surface area contributed by atoms with Gasteiger partial charge in [-0.1, -0.05) is 48.0 Å². The maximum absolute atomic E-state index is 14.7. The molecule has 1 heterocycles. The Morgan fingerprint density at radius 1 is 1.03 bits per heavy atom. The zero-order chi connectivity index (χ0) is 24.9. The number of carbonyl (C=O) groups excluding carboxylic acids is 2. The Balaban J connectivity index is 1.65. The number of Topliss-reactive ketones (excluding diaryl/α,β-unsaturated/α-hetero) is 1. The van der Waals surface area contributed by atoms with E-state index >= 15 is 0 Å². The van der Waals surface area contributed by atoms with E-state index in [0.717, 1.165) is 11.1 Å². The summed E-state index contributed by atoms with van der Waals surface area (Å²) >= 11 is 0. The minimum Gasteiger partial charge on any atom is -0.507 e. The van der Waals surface area contributed by atoms with Crippen LogP contribution in [-0.4, -0.2) is 42.0 Å². The largest absolute Gasteiger partial charge is 0.507 e. The molecule has 0 bridgehead atoms. The molecule has 4 rings (SSSR count). The van der Waals surface area contributed by atoms with Crippen molar-refractivity contribution in [3.05, 3.63) is 106 Å². The van der Waals surface area contributed by atoms with Gasteiger partial charge in [-0.15, -0.1) is 0 Å². The molecular weight excluding hydrogens is 449 g/mol. The second-order valence-corrected chi connectivity index (χ2v) is 8.31. The average molecular weight is 476 g/mol. The van der Waals surface area contributed by atoms with E-state index in [1.54, 1.807) is 30.3 Å². The number of nitrogens with zero attached hydrogens (tertiary/aromatic N) is 1. The van der Waals surface area contributed by atoms with Crippen LogP contribution in [0.2, 0.25) is 0 Å². The van der Waals surface area contributed by atoms with E-state index in [0.29, 0.717) is 17.9 Å². The first-order valence-corrected chi connectivity index (χ1v) is 11.2. The predicted octanol–water partition coefficient (Wildman–Crippen LogP) is 4.78. The van der Waals surface area contributed by atoms with Crippen molar-refractivity contribution in [1.29, 1.82) is 0 Å². The third-order valence-corrected chi connectivity index (χ3v) is 5.89. The highest BCUT2D eigenvalue weighted by Gasteiger charge is 2.46. The van der Waals surface area contributed by atoms with Crippen molar-refractivity contribution in [3.63, 3.8) is 0 Å². The fourth-order valence-corrected chi connectivity index (χ4v) is 4.15. The van der Waals surface area contributed by atoms with E-state index in [-0.39, 0.29) is 30.0 Å². The summed E-state index contributed by atoms with van der Waals surface area (Å²) in [5, 5.41) is 11.1. The Kier molecular flexibility index (Phi) is 7.27. The number of methoxy groups -OCH3 is 1. The van der Waals surface area contributed by atoms with E-state index in [4.69, 9.17) is 9.47 Å².